The van der Waals surface area contributed by atoms with Crippen LogP contribution in [0.4, 0.5) is 0 Å². The van der Waals surface area contributed by atoms with Crippen LogP contribution >= 0.6 is 23.2 Å². The van der Waals surface area contributed by atoms with Crippen LogP contribution in [0.2, 0.25) is 10.0 Å². The topological polar surface area (TPSA) is 171 Å². The Morgan fingerprint density at radius 2 is 0.908 bits per heavy atom. The molecule has 15 heteroatoms. The number of rotatable bonds is 9. The van der Waals surface area contributed by atoms with Gasteiger partial charge in [0, 0.05) is 25.8 Å². The van der Waals surface area contributed by atoms with Crippen LogP contribution < -0.4 is 0 Å². The molecule has 0 spiro atoms. The molecule has 0 bridgehead atoms. The minimum atomic E-state index is -0.664. The molecule has 2 aromatic heterocycles. The minimum Gasteiger partial charge on any atom is -0.506 e. The van der Waals surface area contributed by atoms with Gasteiger partial charge in [0.25, 0.3) is 11.8 Å². The zero-order chi connectivity index (χ0) is 54.3. The van der Waals surface area contributed by atoms with Crippen molar-refractivity contribution < 1.29 is 64.2 Å². The number of halogens is 2. The summed E-state index contributed by atoms with van der Waals surface area (Å²) in [4.78, 5) is 34.2. The van der Waals surface area contributed by atoms with Gasteiger partial charge in [-0.3, -0.25) is 0 Å². The van der Waals surface area contributed by atoms with E-state index in [2.05, 4.69) is 34.1 Å². The van der Waals surface area contributed by atoms with Crippen molar-refractivity contribution in [3.63, 3.8) is 0 Å². The number of esters is 2. The largest absolute Gasteiger partial charge is 0.506 e. The summed E-state index contributed by atoms with van der Waals surface area (Å²) in [5.74, 6) is -1.03. The zero-order valence-corrected chi connectivity index (χ0v) is 48.4. The first-order valence-corrected chi connectivity index (χ1v) is 24.5. The first kappa shape index (κ1) is 59.4. The van der Waals surface area contributed by atoms with Crippen molar-refractivity contribution >= 4 is 35.1 Å². The Bertz CT molecular complexity index is 3250. The summed E-state index contributed by atoms with van der Waals surface area (Å²) in [6.07, 6.45) is 0. The van der Waals surface area contributed by atoms with Gasteiger partial charge >= 0.3 is 11.9 Å². The molecule has 0 fully saturated rings. The van der Waals surface area contributed by atoms with Gasteiger partial charge < -0.3 is 28.7 Å². The summed E-state index contributed by atoms with van der Waals surface area (Å²) in [5, 5.41) is 30.2. The third-order valence-electron chi connectivity index (χ3n) is 11.1. The molecule has 0 aliphatic rings. The van der Waals surface area contributed by atoms with Crippen molar-refractivity contribution in [3.8, 4) is 45.8 Å². The first-order valence-electron chi connectivity index (χ1n) is 23.7. The Morgan fingerprint density at radius 1 is 0.539 bits per heavy atom. The SMILES string of the molecule is CC(C)(C)c1cc(C(=O)OCc2ccccc2)c(O)c(-c2nc(-c3c(Cl)cccc3Cl)no2)c1.Cc1noc(-c2cc(C(C)(C)C)cc(C(=O)OCc3ccccc3)c2O)n1.[CH2-]c1ccccc1.[CH2-]c1ccccc1.[Hf]. The molecule has 0 aliphatic carbocycles. The van der Waals surface area contributed by atoms with Crippen molar-refractivity contribution in [3.05, 3.63) is 238 Å². The fourth-order valence-electron chi connectivity index (χ4n) is 6.88. The molecule has 2 N–H and O–H groups in total. The van der Waals surface area contributed by atoms with Crippen LogP contribution in [0.3, 0.4) is 0 Å². The number of nitrogens with zero attached hydrogens (tertiary/aromatic N) is 4. The molecule has 9 aromatic rings. The maximum Gasteiger partial charge on any atom is 0.342 e. The van der Waals surface area contributed by atoms with Gasteiger partial charge in [-0.2, -0.15) is 59.2 Å². The smallest absolute Gasteiger partial charge is 0.342 e. The molecule has 0 radical (unpaired) electrons. The standard InChI is InChI=1S/C26H22Cl2N2O4.C21H22N2O4.2C7H7.Hf/c1-26(2,3)16-12-17(24-29-23(30-34-24)21-19(27)10-7-11-20(21)28)22(31)18(13-16)25(32)33-14-15-8-5-4-6-9-15;1-13-22-19(27-23-13)16-10-15(21(2,3)4)11-17(18(16)24)20(25)26-12-14-8-6-5-7-9-14;2*1-7-5-3-2-4-6-7;/h4-13,31H,14H2,1-3H3;5-11,24H,12H2,1-4H3;2*2-6H,1H2;/q;;2*-1;. The van der Waals surface area contributed by atoms with Crippen LogP contribution in [0.5, 0.6) is 11.5 Å². The normalized spacial score (nSPS) is 10.8. The van der Waals surface area contributed by atoms with E-state index in [1.54, 1.807) is 49.4 Å². The maximum atomic E-state index is 12.9. The quantitative estimate of drug-likeness (QED) is 0.0797. The monoisotopic (exact) mass is 1220 g/mol. The number of carbonyl (C=O) groups excluding carboxylic acids is 2. The van der Waals surface area contributed by atoms with Gasteiger partial charge in [-0.25, -0.2) is 9.59 Å². The number of benzene rings is 7. The Hall–Kier alpha value is -7.45. The fourth-order valence-corrected chi connectivity index (χ4v) is 7.45. The van der Waals surface area contributed by atoms with Crippen molar-refractivity contribution in [2.75, 3.05) is 0 Å². The second-order valence-electron chi connectivity index (χ2n) is 19.1. The van der Waals surface area contributed by atoms with Crippen LogP contribution in [0.25, 0.3) is 34.3 Å². The van der Waals surface area contributed by atoms with Crippen molar-refractivity contribution in [2.24, 2.45) is 0 Å². The molecule has 0 unspecified atom stereocenters. The van der Waals surface area contributed by atoms with Crippen molar-refractivity contribution in [2.45, 2.75) is 72.5 Å². The summed E-state index contributed by atoms with van der Waals surface area (Å²) in [6, 6.07) is 50.2. The number of aryl methyl sites for hydroxylation is 1. The second-order valence-corrected chi connectivity index (χ2v) is 19.9. The van der Waals surface area contributed by atoms with E-state index in [9.17, 15) is 19.8 Å². The van der Waals surface area contributed by atoms with Gasteiger partial charge in [0.1, 0.15) is 35.8 Å². The number of phenols is 2. The molecule has 76 heavy (non-hydrogen) atoms. The van der Waals surface area contributed by atoms with Crippen molar-refractivity contribution in [1.29, 1.82) is 0 Å². The van der Waals surface area contributed by atoms with Crippen molar-refractivity contribution in [1.82, 2.24) is 20.3 Å². The number of aromatic nitrogens is 4. The number of hydrogen-bond donors (Lipinski definition) is 2. The van der Waals surface area contributed by atoms with E-state index in [-0.39, 0.29) is 95.7 Å². The van der Waals surface area contributed by atoms with E-state index >= 15 is 0 Å². The summed E-state index contributed by atoms with van der Waals surface area (Å²) in [5.41, 5.74) is 5.89. The molecule has 0 saturated carbocycles. The fraction of sp³-hybridized carbons (Fsp3) is 0.180. The van der Waals surface area contributed by atoms with E-state index in [1.165, 1.54) is 0 Å². The number of carbonyl (C=O) groups is 2. The van der Waals surface area contributed by atoms with E-state index < -0.39 is 11.9 Å². The Kier molecular flexibility index (Phi) is 21.4. The zero-order valence-electron chi connectivity index (χ0n) is 43.3. The second kappa shape index (κ2) is 27.4. The molecule has 0 atom stereocenters. The molecule has 7 aromatic carbocycles. The third kappa shape index (κ3) is 16.8. The summed E-state index contributed by atoms with van der Waals surface area (Å²) >= 11 is 12.5. The predicted octanol–water partition coefficient (Wildman–Crippen LogP) is 15.2. The van der Waals surface area contributed by atoms with Gasteiger partial charge in [-0.15, -0.1) is 24.3 Å². The van der Waals surface area contributed by atoms with Gasteiger partial charge in [-0.05, 0) is 76.4 Å². The summed E-state index contributed by atoms with van der Waals surface area (Å²) in [7, 11) is 0. The Balaban J connectivity index is 0.000000223. The van der Waals surface area contributed by atoms with E-state index in [0.717, 1.165) is 33.4 Å². The van der Waals surface area contributed by atoms with E-state index in [0.29, 0.717) is 27.0 Å². The van der Waals surface area contributed by atoms with Crippen LogP contribution in [-0.2, 0) is 59.4 Å². The molecule has 0 aliphatic heterocycles. The molecule has 390 valence electrons. The van der Waals surface area contributed by atoms with Crippen LogP contribution in [0.1, 0.15) is 101 Å². The van der Waals surface area contributed by atoms with Gasteiger partial charge in [0.15, 0.2) is 5.82 Å². The van der Waals surface area contributed by atoms with Gasteiger partial charge in [0.05, 0.1) is 26.7 Å². The average Bonchev–Trinajstić information content (AvgIpc) is 4.05. The number of ether oxygens (including phenoxy) is 2. The molecular weight excluding hydrogens is 1170 g/mol. The predicted molar refractivity (Wildman–Crippen MR) is 293 cm³/mol. The number of hydrogen-bond acceptors (Lipinski definition) is 12. The number of phenolic OH excluding ortho intramolecular Hbond substituents is 2. The first-order chi connectivity index (χ1) is 35.7. The average molecular weight is 1220 g/mol. The molecular formula is C61H58Cl2HfN4O8-2. The van der Waals surface area contributed by atoms with E-state index in [1.807, 2.05) is 163 Å². The molecule has 0 amide bonds. The summed E-state index contributed by atoms with van der Waals surface area (Å²) < 4.78 is 21.5. The Labute approximate surface area is 472 Å². The Morgan fingerprint density at radius 3 is 1.25 bits per heavy atom. The molecule has 12 nitrogen and oxygen atoms in total. The van der Waals surface area contributed by atoms with E-state index in [4.69, 9.17) is 41.7 Å². The van der Waals surface area contributed by atoms with Gasteiger partial charge in [-0.1, -0.05) is 154 Å². The molecule has 0 saturated heterocycles. The minimum absolute atomic E-state index is 0. The van der Waals surface area contributed by atoms with Crippen LogP contribution in [0, 0.1) is 20.8 Å². The maximum absolute atomic E-state index is 12.9. The molecule has 2 heterocycles. The molecule has 9 rings (SSSR count). The van der Waals surface area contributed by atoms with Crippen LogP contribution in [-0.4, -0.2) is 42.4 Å². The van der Waals surface area contributed by atoms with Gasteiger partial charge in [0.2, 0.25) is 5.82 Å². The third-order valence-corrected chi connectivity index (χ3v) is 11.7. The summed E-state index contributed by atoms with van der Waals surface area (Å²) in [6.45, 7) is 21.3. The van der Waals surface area contributed by atoms with Crippen LogP contribution in [0.15, 0.2) is 173 Å². The number of aromatic hydroxyl groups is 2.